The zero-order chi connectivity index (χ0) is 19.9. The molecule has 1 amide bonds. The van der Waals surface area contributed by atoms with Crippen molar-refractivity contribution in [2.24, 2.45) is 0 Å². The van der Waals surface area contributed by atoms with Gasteiger partial charge in [0.1, 0.15) is 6.61 Å². The van der Waals surface area contributed by atoms with E-state index in [0.29, 0.717) is 10.6 Å². The number of hydrogen-bond donors (Lipinski definition) is 1. The molecule has 0 unspecified atom stereocenters. The predicted octanol–water partition coefficient (Wildman–Crippen LogP) is 3.81. The highest BCUT2D eigenvalue weighted by Gasteiger charge is 2.29. The van der Waals surface area contributed by atoms with E-state index in [1.807, 2.05) is 61.5 Å². The van der Waals surface area contributed by atoms with Crippen molar-refractivity contribution in [1.29, 1.82) is 5.26 Å². The molecule has 28 heavy (non-hydrogen) atoms. The Balaban J connectivity index is 1.68. The van der Waals surface area contributed by atoms with E-state index >= 15 is 0 Å². The lowest BCUT2D eigenvalue weighted by Gasteiger charge is -2.25. The Morgan fingerprint density at radius 2 is 1.93 bits per heavy atom. The number of rotatable bonds is 6. The fraction of sp³-hybridized carbons (Fsp3) is 0.227. The average Bonchev–Trinajstić information content (AvgIpc) is 2.71. The maximum absolute atomic E-state index is 12.2. The molecule has 0 bridgehead atoms. The highest BCUT2D eigenvalue weighted by Crippen LogP contribution is 2.36. The van der Waals surface area contributed by atoms with Crippen molar-refractivity contribution < 1.29 is 14.3 Å². The van der Waals surface area contributed by atoms with Crippen molar-refractivity contribution in [2.45, 2.75) is 25.9 Å². The number of allylic oxidation sites excluding steroid dienone is 1. The van der Waals surface area contributed by atoms with Gasteiger partial charge < -0.3 is 10.1 Å². The largest absolute Gasteiger partial charge is 0.460 e. The Morgan fingerprint density at radius 1 is 1.21 bits per heavy atom. The van der Waals surface area contributed by atoms with Crippen LogP contribution in [0.5, 0.6) is 0 Å². The van der Waals surface area contributed by atoms with Crippen molar-refractivity contribution in [3.05, 3.63) is 81.9 Å². The Kier molecular flexibility index (Phi) is 6.51. The average molecular weight is 392 g/mol. The molecule has 0 fully saturated rings. The summed E-state index contributed by atoms with van der Waals surface area (Å²) in [6, 6.07) is 19.4. The van der Waals surface area contributed by atoms with Crippen LogP contribution in [0.2, 0.25) is 0 Å². The van der Waals surface area contributed by atoms with Crippen molar-refractivity contribution in [3.8, 4) is 6.07 Å². The summed E-state index contributed by atoms with van der Waals surface area (Å²) >= 11 is 1.13. The second-order valence-electron chi connectivity index (χ2n) is 6.51. The first-order valence-electron chi connectivity index (χ1n) is 8.90. The minimum atomic E-state index is -0.398. The molecular weight excluding hydrogens is 372 g/mol. The second kappa shape index (κ2) is 9.25. The summed E-state index contributed by atoms with van der Waals surface area (Å²) in [4.78, 5) is 24.2. The number of amides is 1. The number of nitrogens with one attached hydrogen (secondary N) is 1. The summed E-state index contributed by atoms with van der Waals surface area (Å²) in [5.74, 6) is -0.842. The van der Waals surface area contributed by atoms with Gasteiger partial charge in [0.15, 0.2) is 0 Å². The van der Waals surface area contributed by atoms with Crippen molar-refractivity contribution in [2.75, 3.05) is 5.75 Å². The third-order valence-corrected chi connectivity index (χ3v) is 5.40. The van der Waals surface area contributed by atoms with Crippen LogP contribution in [0.4, 0.5) is 0 Å². The fourth-order valence-corrected chi connectivity index (χ4v) is 3.80. The lowest BCUT2D eigenvalue weighted by Crippen LogP contribution is -2.31. The van der Waals surface area contributed by atoms with Crippen LogP contribution in [0.1, 0.15) is 29.0 Å². The van der Waals surface area contributed by atoms with Crippen LogP contribution in [0.15, 0.2) is 65.2 Å². The zero-order valence-electron chi connectivity index (χ0n) is 15.5. The molecular formula is C22H20N2O3S. The van der Waals surface area contributed by atoms with Gasteiger partial charge in [-0.1, -0.05) is 71.9 Å². The molecule has 1 N–H and O–H groups in total. The maximum atomic E-state index is 12.2. The first-order valence-corrected chi connectivity index (χ1v) is 9.88. The van der Waals surface area contributed by atoms with Gasteiger partial charge in [-0.3, -0.25) is 9.59 Å². The van der Waals surface area contributed by atoms with Crippen LogP contribution in [0.25, 0.3) is 0 Å². The molecule has 0 aromatic heterocycles. The lowest BCUT2D eigenvalue weighted by atomic mass is 9.87. The van der Waals surface area contributed by atoms with Gasteiger partial charge in [0, 0.05) is 12.3 Å². The van der Waals surface area contributed by atoms with Gasteiger partial charge in [0.25, 0.3) is 0 Å². The molecule has 0 saturated heterocycles. The van der Waals surface area contributed by atoms with E-state index < -0.39 is 5.97 Å². The number of nitrogens with zero attached hydrogens (tertiary/aromatic N) is 1. The van der Waals surface area contributed by atoms with Crippen LogP contribution in [-0.2, 0) is 20.9 Å². The van der Waals surface area contributed by atoms with E-state index in [9.17, 15) is 14.9 Å². The van der Waals surface area contributed by atoms with E-state index in [1.165, 1.54) is 0 Å². The molecule has 142 valence electrons. The number of esters is 1. The molecule has 1 heterocycles. The van der Waals surface area contributed by atoms with E-state index in [-0.39, 0.29) is 30.6 Å². The van der Waals surface area contributed by atoms with E-state index in [0.717, 1.165) is 28.5 Å². The summed E-state index contributed by atoms with van der Waals surface area (Å²) in [6.45, 7) is 2.18. The molecule has 1 aliphatic heterocycles. The summed E-state index contributed by atoms with van der Waals surface area (Å²) < 4.78 is 5.26. The number of nitriles is 1. The van der Waals surface area contributed by atoms with Gasteiger partial charge in [0.2, 0.25) is 5.91 Å². The zero-order valence-corrected chi connectivity index (χ0v) is 16.3. The van der Waals surface area contributed by atoms with Crippen LogP contribution < -0.4 is 5.32 Å². The molecule has 2 aromatic rings. The van der Waals surface area contributed by atoms with Gasteiger partial charge in [0.05, 0.1) is 22.4 Å². The molecule has 0 saturated carbocycles. The smallest absolute Gasteiger partial charge is 0.316 e. The molecule has 3 rings (SSSR count). The predicted molar refractivity (Wildman–Crippen MR) is 108 cm³/mol. The molecule has 6 heteroatoms. The Labute approximate surface area is 168 Å². The van der Waals surface area contributed by atoms with Gasteiger partial charge in [-0.15, -0.1) is 0 Å². The third kappa shape index (κ3) is 5.02. The van der Waals surface area contributed by atoms with E-state index in [1.54, 1.807) is 0 Å². The molecule has 5 nitrogen and oxygen atoms in total. The van der Waals surface area contributed by atoms with Crippen LogP contribution in [-0.4, -0.2) is 17.6 Å². The number of ether oxygens (including phenoxy) is 1. The van der Waals surface area contributed by atoms with E-state index in [2.05, 4.69) is 11.4 Å². The van der Waals surface area contributed by atoms with Crippen LogP contribution in [0.3, 0.4) is 0 Å². The number of benzene rings is 2. The monoisotopic (exact) mass is 392 g/mol. The lowest BCUT2D eigenvalue weighted by molar-refractivity contribution is -0.141. The minimum Gasteiger partial charge on any atom is -0.460 e. The van der Waals surface area contributed by atoms with Crippen LogP contribution >= 0.6 is 11.8 Å². The third-order valence-electron chi connectivity index (χ3n) is 4.41. The number of carbonyl (C=O) groups excluding carboxylic acids is 2. The quantitative estimate of drug-likeness (QED) is 0.756. The summed E-state index contributed by atoms with van der Waals surface area (Å²) in [6.07, 6.45) is 0.217. The molecule has 1 atom stereocenters. The minimum absolute atomic E-state index is 0.0221. The number of carbonyl (C=O) groups is 2. The molecule has 1 aliphatic rings. The highest BCUT2D eigenvalue weighted by atomic mass is 32.2. The number of hydrogen-bond acceptors (Lipinski definition) is 5. The van der Waals surface area contributed by atoms with Crippen molar-refractivity contribution in [1.82, 2.24) is 5.32 Å². The second-order valence-corrected chi connectivity index (χ2v) is 7.49. The molecule has 0 aliphatic carbocycles. The van der Waals surface area contributed by atoms with Gasteiger partial charge >= 0.3 is 5.97 Å². The summed E-state index contributed by atoms with van der Waals surface area (Å²) in [7, 11) is 0. The van der Waals surface area contributed by atoms with E-state index in [4.69, 9.17) is 4.74 Å². The topological polar surface area (TPSA) is 79.2 Å². The standard InChI is InChI=1S/C22H20N2O3S/c1-15-7-9-17(10-8-15)18-11-20(25)24-22(19(18)12-23)28-14-21(26)27-13-16-5-3-2-4-6-16/h2-10,18H,11,13-14H2,1H3,(H,24,25)/t18-/m0/s1. The molecule has 0 radical (unpaired) electrons. The summed E-state index contributed by atoms with van der Waals surface area (Å²) in [5, 5.41) is 12.8. The Morgan fingerprint density at radius 3 is 2.61 bits per heavy atom. The first-order chi connectivity index (χ1) is 13.6. The number of aryl methyl sites for hydroxylation is 1. The van der Waals surface area contributed by atoms with Gasteiger partial charge in [-0.25, -0.2) is 0 Å². The molecule has 0 spiro atoms. The van der Waals surface area contributed by atoms with Crippen molar-refractivity contribution in [3.63, 3.8) is 0 Å². The highest BCUT2D eigenvalue weighted by molar-refractivity contribution is 8.03. The first kappa shape index (κ1) is 19.7. The Hall–Kier alpha value is -3.04. The normalized spacial score (nSPS) is 16.3. The number of thioether (sulfide) groups is 1. The van der Waals surface area contributed by atoms with Gasteiger partial charge in [-0.05, 0) is 18.1 Å². The van der Waals surface area contributed by atoms with Gasteiger partial charge in [-0.2, -0.15) is 5.26 Å². The maximum Gasteiger partial charge on any atom is 0.316 e. The Bertz CT molecular complexity index is 931. The molecule has 2 aromatic carbocycles. The fourth-order valence-electron chi connectivity index (χ4n) is 2.93. The summed E-state index contributed by atoms with van der Waals surface area (Å²) in [5.41, 5.74) is 3.41. The van der Waals surface area contributed by atoms with Crippen LogP contribution in [0, 0.1) is 18.3 Å². The SMILES string of the molecule is Cc1ccc([C@@H]2CC(=O)NC(SCC(=O)OCc3ccccc3)=C2C#N)cc1. The van der Waals surface area contributed by atoms with Crippen molar-refractivity contribution >= 4 is 23.6 Å².